The fraction of sp³-hybridized carbons (Fsp3) is 0.381. The maximum absolute atomic E-state index is 6.01. The summed E-state index contributed by atoms with van der Waals surface area (Å²) in [7, 11) is 1.84. The average molecular weight is 458 g/mol. The molecule has 0 bridgehead atoms. The highest BCUT2D eigenvalue weighted by molar-refractivity contribution is 7.99. The molecule has 0 atom stereocenters. The lowest BCUT2D eigenvalue weighted by Gasteiger charge is -2.02. The Morgan fingerprint density at radius 3 is 2.52 bits per heavy atom. The first-order valence-corrected chi connectivity index (χ1v) is 11.6. The van der Waals surface area contributed by atoms with E-state index in [1.54, 1.807) is 9.36 Å². The highest BCUT2D eigenvalue weighted by Gasteiger charge is 2.23. The normalized spacial score (nSPS) is 11.4. The molecule has 0 N–H and O–H groups in total. The molecule has 0 fully saturated rings. The highest BCUT2D eigenvalue weighted by Crippen LogP contribution is 2.29. The first-order chi connectivity index (χ1) is 15.0. The largest absolute Gasteiger partial charge is 0.441 e. The van der Waals surface area contributed by atoms with Crippen LogP contribution < -0.4 is 0 Å². The summed E-state index contributed by atoms with van der Waals surface area (Å²) in [5.74, 6) is 5.95. The van der Waals surface area contributed by atoms with E-state index in [1.807, 2.05) is 56.9 Å². The Hall–Kier alpha value is -2.65. The molecule has 8 nitrogen and oxygen atoms in total. The van der Waals surface area contributed by atoms with Crippen LogP contribution in [0.1, 0.15) is 30.8 Å². The molecule has 4 rings (SSSR count). The molecule has 0 aliphatic carbocycles. The van der Waals surface area contributed by atoms with Crippen LogP contribution in [0.2, 0.25) is 5.02 Å². The third-order valence-electron chi connectivity index (χ3n) is 4.68. The van der Waals surface area contributed by atoms with E-state index >= 15 is 0 Å². The van der Waals surface area contributed by atoms with E-state index in [4.69, 9.17) is 31.1 Å². The number of aryl methyl sites for hydroxylation is 4. The number of benzene rings is 1. The lowest BCUT2D eigenvalue weighted by molar-refractivity contribution is 0.543. The van der Waals surface area contributed by atoms with Gasteiger partial charge in [-0.15, -0.1) is 5.10 Å². The molecule has 31 heavy (non-hydrogen) atoms. The quantitative estimate of drug-likeness (QED) is 0.355. The monoisotopic (exact) mass is 457 g/mol. The predicted molar refractivity (Wildman–Crippen MR) is 123 cm³/mol. The van der Waals surface area contributed by atoms with Crippen molar-refractivity contribution in [3.05, 3.63) is 46.7 Å². The Balaban J connectivity index is 1.75. The standard InChI is InChI=1S/C21H24ClN7OS/c1-5-31-12-6-7-17-24-19(29(27-17)21-23-14(3)26-28(21)4)18-13(2)30-20(25-18)15-8-10-16(22)11-9-15/h8-11H,5-7,12H2,1-4H3. The average Bonchev–Trinajstić information content (AvgIpc) is 3.42. The van der Waals surface area contributed by atoms with Crippen molar-refractivity contribution in [1.82, 2.24) is 34.5 Å². The second-order valence-corrected chi connectivity index (χ2v) is 8.91. The molecule has 162 valence electrons. The number of hydrogen-bond donors (Lipinski definition) is 0. The Morgan fingerprint density at radius 2 is 1.84 bits per heavy atom. The summed E-state index contributed by atoms with van der Waals surface area (Å²) in [5, 5.41) is 9.76. The van der Waals surface area contributed by atoms with Gasteiger partial charge in [0, 0.05) is 24.1 Å². The smallest absolute Gasteiger partial charge is 0.251 e. The van der Waals surface area contributed by atoms with E-state index in [1.165, 1.54) is 0 Å². The van der Waals surface area contributed by atoms with Gasteiger partial charge < -0.3 is 4.42 Å². The zero-order valence-electron chi connectivity index (χ0n) is 18.0. The van der Waals surface area contributed by atoms with Gasteiger partial charge in [0.2, 0.25) is 5.89 Å². The first-order valence-electron chi connectivity index (χ1n) is 10.1. The molecule has 1 aromatic carbocycles. The number of nitrogens with zero attached hydrogens (tertiary/aromatic N) is 7. The molecule has 3 aromatic heterocycles. The van der Waals surface area contributed by atoms with Crippen molar-refractivity contribution >= 4 is 23.4 Å². The minimum Gasteiger partial charge on any atom is -0.441 e. The van der Waals surface area contributed by atoms with Crippen LogP contribution in [-0.2, 0) is 13.5 Å². The van der Waals surface area contributed by atoms with E-state index in [-0.39, 0.29) is 0 Å². The SMILES string of the molecule is CCSCCCc1nc(-c2nc(-c3ccc(Cl)cc3)oc2C)n(-c2nc(C)nn2C)n1. The van der Waals surface area contributed by atoms with Crippen molar-refractivity contribution in [1.29, 1.82) is 0 Å². The van der Waals surface area contributed by atoms with Crippen LogP contribution in [0.3, 0.4) is 0 Å². The summed E-state index contributed by atoms with van der Waals surface area (Å²) in [5.41, 5.74) is 1.48. The molecule has 10 heteroatoms. The molecule has 0 aliphatic heterocycles. The Labute approximate surface area is 190 Å². The summed E-state index contributed by atoms with van der Waals surface area (Å²) >= 11 is 7.93. The zero-order chi connectivity index (χ0) is 22.0. The van der Waals surface area contributed by atoms with Gasteiger partial charge in [-0.2, -0.15) is 26.5 Å². The molecule has 0 amide bonds. The number of halogens is 1. The van der Waals surface area contributed by atoms with E-state index in [0.29, 0.717) is 40.0 Å². The highest BCUT2D eigenvalue weighted by atomic mass is 35.5. The topological polar surface area (TPSA) is 87.5 Å². The van der Waals surface area contributed by atoms with Gasteiger partial charge in [0.25, 0.3) is 5.95 Å². The third kappa shape index (κ3) is 4.67. The minimum atomic E-state index is 0.508. The Bertz CT molecular complexity index is 1180. The van der Waals surface area contributed by atoms with Gasteiger partial charge in [-0.3, -0.25) is 0 Å². The van der Waals surface area contributed by atoms with Crippen molar-refractivity contribution in [3.8, 4) is 28.9 Å². The van der Waals surface area contributed by atoms with Crippen LogP contribution in [0.15, 0.2) is 28.7 Å². The van der Waals surface area contributed by atoms with Crippen molar-refractivity contribution < 1.29 is 4.42 Å². The van der Waals surface area contributed by atoms with Gasteiger partial charge in [0.05, 0.1) is 0 Å². The summed E-state index contributed by atoms with van der Waals surface area (Å²) in [4.78, 5) is 14.1. The number of aromatic nitrogens is 7. The predicted octanol–water partition coefficient (Wildman–Crippen LogP) is 4.67. The zero-order valence-corrected chi connectivity index (χ0v) is 19.5. The van der Waals surface area contributed by atoms with Crippen molar-refractivity contribution in [2.75, 3.05) is 11.5 Å². The van der Waals surface area contributed by atoms with Gasteiger partial charge in [-0.1, -0.05) is 18.5 Å². The number of oxazole rings is 1. The fourth-order valence-corrected chi connectivity index (χ4v) is 4.00. The van der Waals surface area contributed by atoms with Crippen LogP contribution in [0, 0.1) is 13.8 Å². The van der Waals surface area contributed by atoms with Crippen LogP contribution in [0.5, 0.6) is 0 Å². The van der Waals surface area contributed by atoms with Gasteiger partial charge >= 0.3 is 0 Å². The number of rotatable bonds is 8. The molecule has 0 aliphatic rings. The van der Waals surface area contributed by atoms with Crippen molar-refractivity contribution in [3.63, 3.8) is 0 Å². The van der Waals surface area contributed by atoms with Crippen LogP contribution in [0.25, 0.3) is 28.9 Å². The second kappa shape index (κ2) is 9.23. The molecular weight excluding hydrogens is 434 g/mol. The van der Waals surface area contributed by atoms with Gasteiger partial charge in [-0.05, 0) is 56.0 Å². The van der Waals surface area contributed by atoms with E-state index in [0.717, 1.165) is 35.7 Å². The van der Waals surface area contributed by atoms with Gasteiger partial charge in [0.15, 0.2) is 11.6 Å². The molecule has 0 spiro atoms. The molecule has 0 saturated heterocycles. The second-order valence-electron chi connectivity index (χ2n) is 7.08. The molecular formula is C21H24ClN7OS. The number of thioether (sulfide) groups is 1. The Kier molecular flexibility index (Phi) is 6.43. The van der Waals surface area contributed by atoms with E-state index in [2.05, 4.69) is 17.0 Å². The van der Waals surface area contributed by atoms with E-state index < -0.39 is 0 Å². The Morgan fingerprint density at radius 1 is 1.06 bits per heavy atom. The van der Waals surface area contributed by atoms with Crippen molar-refractivity contribution in [2.45, 2.75) is 33.6 Å². The molecule has 4 aromatic rings. The summed E-state index contributed by atoms with van der Waals surface area (Å²) < 4.78 is 9.36. The number of hydrogen-bond acceptors (Lipinski definition) is 7. The summed E-state index contributed by atoms with van der Waals surface area (Å²) in [6.07, 6.45) is 1.79. The van der Waals surface area contributed by atoms with Gasteiger partial charge in [-0.25, -0.2) is 14.6 Å². The van der Waals surface area contributed by atoms with Crippen LogP contribution in [0.4, 0.5) is 0 Å². The van der Waals surface area contributed by atoms with Crippen molar-refractivity contribution in [2.24, 2.45) is 7.05 Å². The van der Waals surface area contributed by atoms with Crippen LogP contribution >= 0.6 is 23.4 Å². The van der Waals surface area contributed by atoms with Gasteiger partial charge in [0.1, 0.15) is 17.3 Å². The molecule has 0 saturated carbocycles. The molecule has 0 radical (unpaired) electrons. The van der Waals surface area contributed by atoms with Crippen LogP contribution in [-0.4, -0.2) is 46.0 Å². The minimum absolute atomic E-state index is 0.508. The maximum atomic E-state index is 6.01. The summed E-state index contributed by atoms with van der Waals surface area (Å²) in [6.45, 7) is 5.89. The maximum Gasteiger partial charge on any atom is 0.251 e. The third-order valence-corrected chi connectivity index (χ3v) is 5.92. The molecule has 0 unspecified atom stereocenters. The summed E-state index contributed by atoms with van der Waals surface area (Å²) in [6, 6.07) is 7.39. The molecule has 3 heterocycles. The first kappa shape index (κ1) is 21.6. The lowest BCUT2D eigenvalue weighted by atomic mass is 10.2. The lowest BCUT2D eigenvalue weighted by Crippen LogP contribution is -2.08. The fourth-order valence-electron chi connectivity index (χ4n) is 3.24. The van der Waals surface area contributed by atoms with E-state index in [9.17, 15) is 0 Å².